The topological polar surface area (TPSA) is 313 Å². The number of nitrogens with zero attached hydrogens (tertiary/aromatic N) is 10. The second-order valence-corrected chi connectivity index (χ2v) is 28.4. The quantitative estimate of drug-likeness (QED) is 0.0637. The van der Waals surface area contributed by atoms with E-state index >= 15 is 0 Å². The molecular weight excluding hydrogens is 1700 g/mol. The summed E-state index contributed by atoms with van der Waals surface area (Å²) < 4.78 is 184. The molecule has 0 unspecified atom stereocenters. The zero-order chi connectivity index (χ0) is 110. The van der Waals surface area contributed by atoms with Gasteiger partial charge in [-0.2, -0.15) is 0 Å². The Morgan fingerprint density at radius 3 is 0.656 bits per heavy atom. The molecule has 0 saturated carbocycles. The van der Waals surface area contributed by atoms with Gasteiger partial charge in [-0.05, 0) is 156 Å². The molecule has 0 bridgehead atoms. The number of amides is 5. The number of aryl methyl sites for hydroxylation is 5. The van der Waals surface area contributed by atoms with Crippen molar-refractivity contribution in [1.29, 1.82) is 0 Å². The van der Waals surface area contributed by atoms with Crippen molar-refractivity contribution in [1.82, 2.24) is 22.8 Å². The Balaban J connectivity index is 0.000000176. The maximum atomic E-state index is 13.6. The van der Waals surface area contributed by atoms with Crippen LogP contribution in [-0.2, 0) is 35.0 Å². The number of anilines is 5. The van der Waals surface area contributed by atoms with E-state index in [0.717, 1.165) is 16.4 Å². The van der Waals surface area contributed by atoms with Crippen LogP contribution in [0.25, 0.3) is 54.5 Å². The predicted molar refractivity (Wildman–Crippen MR) is 498 cm³/mol. The molecule has 10 aromatic carbocycles. The second kappa shape index (κ2) is 39.9. The van der Waals surface area contributed by atoms with Crippen LogP contribution in [0.1, 0.15) is 118 Å². The summed E-state index contributed by atoms with van der Waals surface area (Å²) in [5.74, 6) is -9.55. The average molecular weight is 1810 g/mol. The number of hydrogen-bond donors (Lipinski definition) is 5. The molecule has 0 radical (unpaired) electrons. The SMILES string of the molecule is [2H]C([2H])(C)N(C(=O)c1c(O)c2c(Cl)cccc2n(C([2H])([2H])[2H])c1=O)c1ccccc1.[2H]C([2H])(C)N(C(=O)c1c(O)c2c(Cl)cccc2n(C)c1=O)c1ccccc1.[2H]C([2H])([2H])C([2H])([2H])N(C(=O)c1c(O)c2c(Cl)cccc2n(C)c1=O)c1ccccc1.[2H]C([2H])([2H])n1c(=O)c(C(=O)N(CC)c2ccccc2)c(O)c2c(Cl)cccc21.[2H]C([2H])([2H])n1c(=O)c(C(=O)N(c2ccccc2)C([2H])([2H])C([2H])([2H])[2H])c(O)c2c(Cl)cccc21. The van der Waals surface area contributed by atoms with E-state index in [4.69, 9.17) is 89.5 Å². The molecule has 0 saturated heterocycles. The lowest BCUT2D eigenvalue weighted by Crippen LogP contribution is -2.36. The first kappa shape index (κ1) is 64.8. The molecule has 30 heteroatoms. The number of aromatic nitrogens is 5. The lowest BCUT2D eigenvalue weighted by molar-refractivity contribution is 0.0975. The van der Waals surface area contributed by atoms with Crippen LogP contribution < -0.4 is 52.3 Å². The standard InChI is InChI=1S/5C19H17ClN2O3/c5*1-3-22(12-8-5-4-6-9-12)19(25)16-17(23)15-13(20)10-7-11-14(15)21(2)18(16)24/h5*4-11,23H,3H2,1-2H3/i1D3,2D3,3D2;2D3,3D2;1D3,3D2;3D2;2D3. The number of carbonyl (C=O) groups is 5. The number of aromatic hydroxyl groups is 5. The number of rotatable bonds is 15. The van der Waals surface area contributed by atoms with Crippen LogP contribution in [0.2, 0.25) is 25.1 Å². The molecule has 5 N–H and O–H groups in total. The van der Waals surface area contributed by atoms with Crippen molar-refractivity contribution in [2.45, 2.75) is 34.5 Å². The molecule has 0 fully saturated rings. The number of para-hydroxylation sites is 5. The molecule has 0 atom stereocenters. The Morgan fingerprint density at radius 1 is 0.280 bits per heavy atom. The Bertz CT molecular complexity index is 8040. The monoisotopic (exact) mass is 1800 g/mol. The van der Waals surface area contributed by atoms with E-state index in [1.807, 2.05) is 0 Å². The Hall–Kier alpha value is -14.0. The fourth-order valence-electron chi connectivity index (χ4n) is 13.3. The molecule has 0 spiro atoms. The van der Waals surface area contributed by atoms with Crippen LogP contribution >= 0.6 is 58.0 Å². The van der Waals surface area contributed by atoms with E-state index in [-0.39, 0.29) is 113 Å². The number of hydrogen-bond acceptors (Lipinski definition) is 15. The normalized spacial score (nSPS) is 14.5. The van der Waals surface area contributed by atoms with Gasteiger partial charge in [0.05, 0.1) is 79.6 Å². The summed E-state index contributed by atoms with van der Waals surface area (Å²) in [6.45, 7) is -22.3. The van der Waals surface area contributed by atoms with E-state index in [1.54, 1.807) is 110 Å². The summed E-state index contributed by atoms with van der Waals surface area (Å²) in [5, 5.41) is 53.5. The summed E-state index contributed by atoms with van der Waals surface area (Å²) in [5.41, 5.74) is -8.84. The molecular formula is C95H85Cl5N10O15. The largest absolute Gasteiger partial charge is 0.506 e. The summed E-state index contributed by atoms with van der Waals surface area (Å²) in [6, 6.07) is 59.9. The highest BCUT2D eigenvalue weighted by Gasteiger charge is 2.33. The van der Waals surface area contributed by atoms with Gasteiger partial charge in [0.1, 0.15) is 56.6 Å². The second-order valence-electron chi connectivity index (χ2n) is 26.4. The number of benzene rings is 10. The molecule has 0 aliphatic rings. The molecule has 15 rings (SSSR count). The maximum Gasteiger partial charge on any atom is 0.267 e. The highest BCUT2D eigenvalue weighted by molar-refractivity contribution is 6.39. The van der Waals surface area contributed by atoms with Crippen LogP contribution in [0, 0.1) is 0 Å². The van der Waals surface area contributed by atoms with Gasteiger partial charge < -0.3 is 72.9 Å². The van der Waals surface area contributed by atoms with Crippen molar-refractivity contribution in [2.75, 3.05) is 57.0 Å². The molecule has 25 nitrogen and oxygen atoms in total. The zero-order valence-electron chi connectivity index (χ0n) is 89.0. The summed E-state index contributed by atoms with van der Waals surface area (Å²) in [6.07, 6.45) is 0. The highest BCUT2D eigenvalue weighted by atomic mass is 35.5. The zero-order valence-corrected chi connectivity index (χ0v) is 69.8. The molecule has 5 aromatic heterocycles. The van der Waals surface area contributed by atoms with Crippen LogP contribution in [0.15, 0.2) is 267 Å². The number of fused-ring (bicyclic) bond motifs is 5. The number of pyridine rings is 5. The lowest BCUT2D eigenvalue weighted by atomic mass is 10.1. The Morgan fingerprint density at radius 2 is 0.464 bits per heavy atom. The third kappa shape index (κ3) is 18.2. The van der Waals surface area contributed by atoms with E-state index in [2.05, 4.69) is 0 Å². The Kier molecular flexibility index (Phi) is 20.7. The van der Waals surface area contributed by atoms with Crippen LogP contribution in [0.5, 0.6) is 28.7 Å². The minimum Gasteiger partial charge on any atom is -0.506 e. The fraction of sp³-hybridized carbons (Fsp3) is 0.158. The third-order valence-electron chi connectivity index (χ3n) is 19.3. The third-order valence-corrected chi connectivity index (χ3v) is 20.9. The van der Waals surface area contributed by atoms with Gasteiger partial charge in [0.25, 0.3) is 57.3 Å². The first-order valence-corrected chi connectivity index (χ1v) is 38.7. The van der Waals surface area contributed by atoms with Crippen molar-refractivity contribution < 1.29 is 81.0 Å². The fourth-order valence-corrected chi connectivity index (χ4v) is 14.6. The molecule has 125 heavy (non-hydrogen) atoms. The van der Waals surface area contributed by atoms with E-state index in [0.29, 0.717) is 30.1 Å². The predicted octanol–water partition coefficient (Wildman–Crippen LogP) is 17.8. The van der Waals surface area contributed by atoms with Gasteiger partial charge in [-0.25, -0.2) is 0 Å². The smallest absolute Gasteiger partial charge is 0.267 e. The van der Waals surface area contributed by atoms with Crippen molar-refractivity contribution >= 4 is 170 Å². The highest BCUT2D eigenvalue weighted by Crippen LogP contribution is 2.40. The minimum atomic E-state index is -3.37. The van der Waals surface area contributed by atoms with E-state index in [1.165, 1.54) is 170 Å². The molecule has 15 aromatic rings. The molecule has 640 valence electrons. The van der Waals surface area contributed by atoms with Gasteiger partial charge in [-0.15, -0.1) is 0 Å². The number of halogens is 5. The summed E-state index contributed by atoms with van der Waals surface area (Å²) in [7, 11) is 2.83. The van der Waals surface area contributed by atoms with Gasteiger partial charge in [0, 0.05) is 128 Å². The number of carbonyl (C=O) groups excluding carboxylic acids is 5. The maximum absolute atomic E-state index is 13.6. The van der Waals surface area contributed by atoms with Crippen LogP contribution in [-0.4, -0.2) is 110 Å². The molecule has 5 heterocycles. The van der Waals surface area contributed by atoms with Gasteiger partial charge in [0.15, 0.2) is 0 Å². The molecule has 0 aliphatic heterocycles. The first-order chi connectivity index (χ1) is 68.7. The van der Waals surface area contributed by atoms with E-state index < -0.39 is 175 Å². The van der Waals surface area contributed by atoms with Gasteiger partial charge in [-0.1, -0.05) is 179 Å². The minimum absolute atomic E-state index is 0.0204. The van der Waals surface area contributed by atoms with Crippen LogP contribution in [0.3, 0.4) is 0 Å². The van der Waals surface area contributed by atoms with Gasteiger partial charge >= 0.3 is 0 Å². The van der Waals surface area contributed by atoms with E-state index in [9.17, 15) is 73.5 Å². The lowest BCUT2D eigenvalue weighted by Gasteiger charge is -2.22. The van der Waals surface area contributed by atoms with Crippen LogP contribution in [0.4, 0.5) is 28.4 Å². The Labute approximate surface area is 773 Å². The molecule has 0 aliphatic carbocycles. The van der Waals surface area contributed by atoms with Crippen molar-refractivity contribution in [2.24, 2.45) is 35.0 Å². The van der Waals surface area contributed by atoms with Crippen molar-refractivity contribution in [3.8, 4) is 28.7 Å². The van der Waals surface area contributed by atoms with Gasteiger partial charge in [-0.3, -0.25) is 47.9 Å². The van der Waals surface area contributed by atoms with Crippen molar-refractivity contribution in [3.05, 3.63) is 347 Å². The molecule has 5 amide bonds. The first-order valence-electron chi connectivity index (χ1n) is 48.3. The summed E-state index contributed by atoms with van der Waals surface area (Å²) >= 11 is 30.8. The van der Waals surface area contributed by atoms with Gasteiger partial charge in [0.2, 0.25) is 0 Å². The average Bonchev–Trinajstić information content (AvgIpc) is 0.729. The van der Waals surface area contributed by atoms with Crippen molar-refractivity contribution in [3.63, 3.8) is 0 Å². The summed E-state index contributed by atoms with van der Waals surface area (Å²) in [4.78, 5) is 135.